The first-order chi connectivity index (χ1) is 24.9. The Bertz CT molecular complexity index is 1890. The fourth-order valence-electron chi connectivity index (χ4n) is 7.52. The van der Waals surface area contributed by atoms with Gasteiger partial charge in [0.25, 0.3) is 0 Å². The van der Waals surface area contributed by atoms with E-state index < -0.39 is 16.1 Å². The molecule has 4 aromatic rings. The highest BCUT2D eigenvalue weighted by molar-refractivity contribution is 7.89. The molecule has 13 heteroatoms. The van der Waals surface area contributed by atoms with Gasteiger partial charge in [-0.3, -0.25) is 14.5 Å². The van der Waals surface area contributed by atoms with E-state index in [2.05, 4.69) is 20.5 Å². The Morgan fingerprint density at radius 2 is 1.49 bits per heavy atom. The number of hydrogen-bond acceptors (Lipinski definition) is 8. The Morgan fingerprint density at radius 1 is 0.824 bits per heavy atom. The van der Waals surface area contributed by atoms with Crippen molar-refractivity contribution in [1.82, 2.24) is 24.6 Å². The van der Waals surface area contributed by atoms with Gasteiger partial charge in [0.15, 0.2) is 0 Å². The highest BCUT2D eigenvalue weighted by Gasteiger charge is 2.35. The molecule has 0 radical (unpaired) electrons. The second-order valence-electron chi connectivity index (χ2n) is 13.7. The van der Waals surface area contributed by atoms with Gasteiger partial charge in [-0.15, -0.1) is 5.10 Å². The fraction of sp³-hybridized carbons (Fsp3) is 0.474. The summed E-state index contributed by atoms with van der Waals surface area (Å²) in [5, 5.41) is 11.8. The minimum absolute atomic E-state index is 0.0127. The number of amides is 2. The van der Waals surface area contributed by atoms with Gasteiger partial charge in [-0.2, -0.15) is 4.31 Å². The van der Waals surface area contributed by atoms with E-state index in [1.54, 1.807) is 33.3 Å². The van der Waals surface area contributed by atoms with E-state index in [0.717, 1.165) is 76.6 Å². The molecule has 1 N–H and O–H groups in total. The third-order valence-electron chi connectivity index (χ3n) is 10.3. The highest BCUT2D eigenvalue weighted by Crippen LogP contribution is 2.33. The van der Waals surface area contributed by atoms with E-state index in [4.69, 9.17) is 4.74 Å². The van der Waals surface area contributed by atoms with Gasteiger partial charge in [0.1, 0.15) is 18.1 Å². The van der Waals surface area contributed by atoms with Crippen LogP contribution in [0.1, 0.15) is 69.4 Å². The van der Waals surface area contributed by atoms with Crippen molar-refractivity contribution in [2.75, 3.05) is 49.2 Å². The number of morpholine rings is 1. The molecule has 1 saturated carbocycles. The molecule has 1 aromatic heterocycles. The van der Waals surface area contributed by atoms with Crippen molar-refractivity contribution in [3.05, 3.63) is 78.4 Å². The number of nitrogens with zero attached hydrogens (tertiary/aromatic N) is 6. The van der Waals surface area contributed by atoms with Crippen LogP contribution in [0.4, 0.5) is 11.4 Å². The summed E-state index contributed by atoms with van der Waals surface area (Å²) in [5.74, 6) is -0.658. The molecule has 0 spiro atoms. The van der Waals surface area contributed by atoms with E-state index in [-0.39, 0.29) is 29.3 Å². The Labute approximate surface area is 299 Å². The van der Waals surface area contributed by atoms with Gasteiger partial charge in [0.05, 0.1) is 23.6 Å². The molecule has 270 valence electrons. The SMILES string of the molecule is O=C(NC1CCCCC1)[C@H](c1ccc(N2CCOCC2)cc1)N(C(=O)Cn1nnc2ccccc21)c1ccc(S(=O)(=O)N2CCCCCC2)cc1. The molecular weight excluding hydrogens is 667 g/mol. The summed E-state index contributed by atoms with van der Waals surface area (Å²) in [4.78, 5) is 33.1. The van der Waals surface area contributed by atoms with Crippen LogP contribution in [0.25, 0.3) is 11.0 Å². The molecule has 3 aliphatic rings. The van der Waals surface area contributed by atoms with Crippen LogP contribution in [0.2, 0.25) is 0 Å². The number of para-hydroxylation sites is 1. The van der Waals surface area contributed by atoms with Crippen LogP contribution in [0.15, 0.2) is 77.7 Å². The third kappa shape index (κ3) is 7.95. The highest BCUT2D eigenvalue weighted by atomic mass is 32.2. The number of benzene rings is 3. The molecule has 1 atom stereocenters. The van der Waals surface area contributed by atoms with E-state index >= 15 is 0 Å². The lowest BCUT2D eigenvalue weighted by atomic mass is 9.94. The Balaban J connectivity index is 1.27. The monoisotopic (exact) mass is 713 g/mol. The maximum atomic E-state index is 14.7. The largest absolute Gasteiger partial charge is 0.378 e. The molecule has 7 rings (SSSR count). The topological polar surface area (TPSA) is 130 Å². The third-order valence-corrected chi connectivity index (χ3v) is 12.2. The lowest BCUT2D eigenvalue weighted by molar-refractivity contribution is -0.127. The predicted octanol–water partition coefficient (Wildman–Crippen LogP) is 5.06. The molecule has 3 fully saturated rings. The molecule has 3 aromatic carbocycles. The van der Waals surface area contributed by atoms with E-state index in [9.17, 15) is 18.0 Å². The average Bonchev–Trinajstić information content (AvgIpc) is 3.35. The Kier molecular flexibility index (Phi) is 11.0. The zero-order valence-corrected chi connectivity index (χ0v) is 29.8. The van der Waals surface area contributed by atoms with E-state index in [1.807, 2.05) is 48.5 Å². The van der Waals surface area contributed by atoms with Crippen LogP contribution in [0.3, 0.4) is 0 Å². The molecule has 1 aliphatic carbocycles. The molecule has 12 nitrogen and oxygen atoms in total. The summed E-state index contributed by atoms with van der Waals surface area (Å²) in [6.07, 6.45) is 8.69. The minimum atomic E-state index is -3.72. The predicted molar refractivity (Wildman–Crippen MR) is 196 cm³/mol. The first kappa shape index (κ1) is 35.1. The Hall–Kier alpha value is -4.33. The normalized spacial score (nSPS) is 18.6. The molecule has 0 bridgehead atoms. The number of sulfonamides is 1. The number of rotatable bonds is 10. The second kappa shape index (κ2) is 15.9. The molecule has 51 heavy (non-hydrogen) atoms. The van der Waals surface area contributed by atoms with Crippen LogP contribution in [-0.4, -0.2) is 85.0 Å². The van der Waals surface area contributed by atoms with Crippen molar-refractivity contribution in [3.8, 4) is 0 Å². The Morgan fingerprint density at radius 3 is 2.20 bits per heavy atom. The zero-order chi connectivity index (χ0) is 35.2. The molecule has 0 unspecified atom stereocenters. The van der Waals surface area contributed by atoms with Crippen LogP contribution in [0, 0.1) is 0 Å². The summed E-state index contributed by atoms with van der Waals surface area (Å²) in [5.41, 5.74) is 3.44. The summed E-state index contributed by atoms with van der Waals surface area (Å²) in [6, 6.07) is 20.6. The van der Waals surface area contributed by atoms with Gasteiger partial charge < -0.3 is 15.0 Å². The van der Waals surface area contributed by atoms with Gasteiger partial charge >= 0.3 is 0 Å². The number of hydrogen-bond donors (Lipinski definition) is 1. The zero-order valence-electron chi connectivity index (χ0n) is 29.0. The second-order valence-corrected chi connectivity index (χ2v) is 15.7. The molecule has 2 aliphatic heterocycles. The van der Waals surface area contributed by atoms with Crippen molar-refractivity contribution in [2.45, 2.75) is 81.3 Å². The van der Waals surface area contributed by atoms with Crippen molar-refractivity contribution >= 4 is 44.2 Å². The molecule has 3 heterocycles. The number of carbonyl (C=O) groups is 2. The number of fused-ring (bicyclic) bond motifs is 1. The molecular formula is C38H47N7O5S. The standard InChI is InChI=1S/C38H47N7O5S/c46-36(28-44-35-13-7-6-12-34(35)40-41-44)45(32-18-20-33(21-19-32)51(48,49)43-22-8-1-2-9-23-43)37(38(47)39-30-10-4-3-5-11-30)29-14-16-31(17-15-29)42-24-26-50-27-25-42/h6-7,12-21,30,37H,1-5,8-11,22-28H2,(H,39,47)/t37-/m0/s1. The van der Waals surface area contributed by atoms with Crippen LogP contribution >= 0.6 is 0 Å². The van der Waals surface area contributed by atoms with Crippen LogP contribution < -0.4 is 15.1 Å². The first-order valence-electron chi connectivity index (χ1n) is 18.3. The number of aromatic nitrogens is 3. The minimum Gasteiger partial charge on any atom is -0.378 e. The van der Waals surface area contributed by atoms with Gasteiger partial charge in [-0.1, -0.05) is 61.6 Å². The summed E-state index contributed by atoms with van der Waals surface area (Å²) in [6.45, 7) is 3.65. The lowest BCUT2D eigenvalue weighted by Gasteiger charge is -2.34. The van der Waals surface area contributed by atoms with Crippen molar-refractivity contribution in [2.24, 2.45) is 0 Å². The smallest absolute Gasteiger partial charge is 0.249 e. The maximum Gasteiger partial charge on any atom is 0.249 e. The van der Waals surface area contributed by atoms with E-state index in [0.29, 0.717) is 48.6 Å². The van der Waals surface area contributed by atoms with Crippen molar-refractivity contribution < 1.29 is 22.7 Å². The fourth-order valence-corrected chi connectivity index (χ4v) is 9.04. The quantitative estimate of drug-likeness (QED) is 0.242. The number of nitrogens with one attached hydrogen (secondary N) is 1. The van der Waals surface area contributed by atoms with Gasteiger partial charge in [-0.25, -0.2) is 13.1 Å². The number of anilines is 2. The summed E-state index contributed by atoms with van der Waals surface area (Å²) < 4.78 is 36.0. The molecule has 2 saturated heterocycles. The molecule has 2 amide bonds. The van der Waals surface area contributed by atoms with Crippen molar-refractivity contribution in [1.29, 1.82) is 0 Å². The summed E-state index contributed by atoms with van der Waals surface area (Å²) >= 11 is 0. The van der Waals surface area contributed by atoms with Crippen molar-refractivity contribution in [3.63, 3.8) is 0 Å². The van der Waals surface area contributed by atoms with E-state index in [1.165, 1.54) is 4.90 Å². The lowest BCUT2D eigenvalue weighted by Crippen LogP contribution is -2.48. The first-order valence-corrected chi connectivity index (χ1v) is 19.8. The van der Waals surface area contributed by atoms with Crippen LogP contribution in [0.5, 0.6) is 0 Å². The number of carbonyl (C=O) groups excluding carboxylic acids is 2. The summed E-state index contributed by atoms with van der Waals surface area (Å²) in [7, 11) is -3.72. The van der Waals surface area contributed by atoms with Gasteiger partial charge in [0.2, 0.25) is 21.8 Å². The van der Waals surface area contributed by atoms with Gasteiger partial charge in [0, 0.05) is 43.6 Å². The van der Waals surface area contributed by atoms with Crippen LogP contribution in [-0.2, 0) is 30.9 Å². The van der Waals surface area contributed by atoms with Gasteiger partial charge in [-0.05, 0) is 79.8 Å². The average molecular weight is 714 g/mol. The maximum absolute atomic E-state index is 14.7. The number of ether oxygens (including phenoxy) is 1.